The summed E-state index contributed by atoms with van der Waals surface area (Å²) < 4.78 is 0. The molecule has 0 fully saturated rings. The lowest BCUT2D eigenvalue weighted by Gasteiger charge is -2.05. The van der Waals surface area contributed by atoms with Crippen LogP contribution in [0.2, 0.25) is 10.0 Å². The SMILES string of the molecule is NCC(=O)NCc1ccc(Cl)cc1Cl. The maximum absolute atomic E-state index is 10.9. The fourth-order valence-electron chi connectivity index (χ4n) is 0.931. The quantitative estimate of drug-likeness (QED) is 0.832. The van der Waals surface area contributed by atoms with Gasteiger partial charge in [-0.05, 0) is 17.7 Å². The van der Waals surface area contributed by atoms with E-state index in [1.54, 1.807) is 18.2 Å². The van der Waals surface area contributed by atoms with Crippen LogP contribution in [0.5, 0.6) is 0 Å². The van der Waals surface area contributed by atoms with Gasteiger partial charge in [-0.25, -0.2) is 0 Å². The van der Waals surface area contributed by atoms with Gasteiger partial charge in [0, 0.05) is 16.6 Å². The highest BCUT2D eigenvalue weighted by atomic mass is 35.5. The van der Waals surface area contributed by atoms with E-state index >= 15 is 0 Å². The van der Waals surface area contributed by atoms with E-state index in [4.69, 9.17) is 28.9 Å². The molecule has 1 amide bonds. The van der Waals surface area contributed by atoms with E-state index in [0.29, 0.717) is 16.6 Å². The number of carbonyl (C=O) groups excluding carboxylic acids is 1. The van der Waals surface area contributed by atoms with Crippen LogP contribution in [0, 0.1) is 0 Å². The Kier molecular flexibility index (Phi) is 4.20. The second-order valence-corrected chi connectivity index (χ2v) is 3.56. The van der Waals surface area contributed by atoms with Gasteiger partial charge in [0.05, 0.1) is 6.54 Å². The molecule has 1 rings (SSSR count). The number of amides is 1. The summed E-state index contributed by atoms with van der Waals surface area (Å²) in [4.78, 5) is 10.9. The molecule has 0 spiro atoms. The first-order valence-electron chi connectivity index (χ1n) is 4.04. The second-order valence-electron chi connectivity index (χ2n) is 2.72. The van der Waals surface area contributed by atoms with Gasteiger partial charge in [-0.1, -0.05) is 29.3 Å². The van der Waals surface area contributed by atoms with Crippen molar-refractivity contribution < 1.29 is 4.79 Å². The molecule has 14 heavy (non-hydrogen) atoms. The molecule has 3 N–H and O–H groups in total. The van der Waals surface area contributed by atoms with Crippen molar-refractivity contribution in [3.8, 4) is 0 Å². The highest BCUT2D eigenvalue weighted by Gasteiger charge is 2.02. The summed E-state index contributed by atoms with van der Waals surface area (Å²) in [5.41, 5.74) is 5.95. The van der Waals surface area contributed by atoms with Crippen LogP contribution < -0.4 is 11.1 Å². The zero-order valence-corrected chi connectivity index (χ0v) is 8.90. The Labute approximate surface area is 92.2 Å². The van der Waals surface area contributed by atoms with Gasteiger partial charge in [-0.2, -0.15) is 0 Å². The molecular formula is C9H10Cl2N2O. The van der Waals surface area contributed by atoms with Crippen molar-refractivity contribution in [3.63, 3.8) is 0 Å². The van der Waals surface area contributed by atoms with Crippen molar-refractivity contribution >= 4 is 29.1 Å². The van der Waals surface area contributed by atoms with E-state index < -0.39 is 0 Å². The Morgan fingerprint density at radius 1 is 1.43 bits per heavy atom. The highest BCUT2D eigenvalue weighted by Crippen LogP contribution is 2.20. The first kappa shape index (κ1) is 11.3. The zero-order valence-electron chi connectivity index (χ0n) is 7.39. The molecule has 0 aromatic heterocycles. The molecule has 1 aromatic rings. The molecule has 0 aliphatic carbocycles. The van der Waals surface area contributed by atoms with Crippen molar-refractivity contribution in [2.45, 2.75) is 6.54 Å². The predicted molar refractivity (Wildman–Crippen MR) is 57.4 cm³/mol. The number of rotatable bonds is 3. The number of benzene rings is 1. The van der Waals surface area contributed by atoms with Gasteiger partial charge in [0.1, 0.15) is 0 Å². The smallest absolute Gasteiger partial charge is 0.234 e. The van der Waals surface area contributed by atoms with E-state index in [1.165, 1.54) is 0 Å². The van der Waals surface area contributed by atoms with Crippen LogP contribution in [0.4, 0.5) is 0 Å². The lowest BCUT2D eigenvalue weighted by atomic mass is 10.2. The molecule has 0 bridgehead atoms. The molecule has 0 heterocycles. The third kappa shape index (κ3) is 3.18. The predicted octanol–water partition coefficient (Wildman–Crippen LogP) is 1.57. The largest absolute Gasteiger partial charge is 0.351 e. The molecule has 5 heteroatoms. The molecule has 0 aliphatic rings. The Morgan fingerprint density at radius 2 is 2.14 bits per heavy atom. The topological polar surface area (TPSA) is 55.1 Å². The molecule has 0 aliphatic heterocycles. The number of hydrogen-bond donors (Lipinski definition) is 2. The summed E-state index contributed by atoms with van der Waals surface area (Å²) >= 11 is 11.6. The molecule has 1 aromatic carbocycles. The molecule has 3 nitrogen and oxygen atoms in total. The molecule has 0 saturated heterocycles. The standard InChI is InChI=1S/C9H10Cl2N2O/c10-7-2-1-6(8(11)3-7)5-13-9(14)4-12/h1-3H,4-5,12H2,(H,13,14). The number of halogens is 2. The second kappa shape index (κ2) is 5.20. The lowest BCUT2D eigenvalue weighted by molar-refractivity contribution is -0.119. The van der Waals surface area contributed by atoms with E-state index in [2.05, 4.69) is 5.32 Å². The molecule has 0 saturated carbocycles. The van der Waals surface area contributed by atoms with Crippen molar-refractivity contribution in [3.05, 3.63) is 33.8 Å². The van der Waals surface area contributed by atoms with Crippen molar-refractivity contribution in [1.82, 2.24) is 5.32 Å². The van der Waals surface area contributed by atoms with E-state index in [-0.39, 0.29) is 12.5 Å². The Morgan fingerprint density at radius 3 is 2.71 bits per heavy atom. The summed E-state index contributed by atoms with van der Waals surface area (Å²) in [7, 11) is 0. The van der Waals surface area contributed by atoms with Crippen LogP contribution in [0.25, 0.3) is 0 Å². The number of nitrogens with one attached hydrogen (secondary N) is 1. The molecule has 76 valence electrons. The minimum absolute atomic E-state index is 0.0226. The van der Waals surface area contributed by atoms with Crippen LogP contribution in [-0.2, 0) is 11.3 Å². The van der Waals surface area contributed by atoms with Crippen molar-refractivity contribution in [2.75, 3.05) is 6.54 Å². The molecular weight excluding hydrogens is 223 g/mol. The Balaban J connectivity index is 2.63. The minimum Gasteiger partial charge on any atom is -0.351 e. The van der Waals surface area contributed by atoms with Gasteiger partial charge in [0.15, 0.2) is 0 Å². The molecule has 0 radical (unpaired) electrons. The first-order chi connectivity index (χ1) is 6.63. The number of nitrogens with two attached hydrogens (primary N) is 1. The van der Waals surface area contributed by atoms with Gasteiger partial charge >= 0.3 is 0 Å². The Hall–Kier alpha value is -0.770. The average molecular weight is 233 g/mol. The number of carbonyl (C=O) groups is 1. The summed E-state index contributed by atoms with van der Waals surface area (Å²) in [5, 5.41) is 3.73. The van der Waals surface area contributed by atoms with Crippen molar-refractivity contribution in [2.24, 2.45) is 5.73 Å². The van der Waals surface area contributed by atoms with Crippen LogP contribution in [0.1, 0.15) is 5.56 Å². The fourth-order valence-corrected chi connectivity index (χ4v) is 1.41. The van der Waals surface area contributed by atoms with Crippen LogP contribution >= 0.6 is 23.2 Å². The van der Waals surface area contributed by atoms with Crippen LogP contribution in [0.3, 0.4) is 0 Å². The summed E-state index contributed by atoms with van der Waals surface area (Å²) in [5.74, 6) is -0.212. The summed E-state index contributed by atoms with van der Waals surface area (Å²) in [6, 6.07) is 5.12. The maximum Gasteiger partial charge on any atom is 0.234 e. The van der Waals surface area contributed by atoms with Gasteiger partial charge < -0.3 is 11.1 Å². The third-order valence-electron chi connectivity index (χ3n) is 1.68. The van der Waals surface area contributed by atoms with Crippen molar-refractivity contribution in [1.29, 1.82) is 0 Å². The monoisotopic (exact) mass is 232 g/mol. The van der Waals surface area contributed by atoms with Gasteiger partial charge in [-0.15, -0.1) is 0 Å². The summed E-state index contributed by atoms with van der Waals surface area (Å²) in [6.07, 6.45) is 0. The van der Waals surface area contributed by atoms with Crippen LogP contribution in [-0.4, -0.2) is 12.5 Å². The normalized spacial score (nSPS) is 9.93. The highest BCUT2D eigenvalue weighted by molar-refractivity contribution is 6.35. The first-order valence-corrected chi connectivity index (χ1v) is 4.79. The van der Waals surface area contributed by atoms with Gasteiger partial charge in [0.25, 0.3) is 0 Å². The summed E-state index contributed by atoms with van der Waals surface area (Å²) in [6.45, 7) is 0.344. The average Bonchev–Trinajstić information content (AvgIpc) is 2.16. The number of hydrogen-bond acceptors (Lipinski definition) is 2. The third-order valence-corrected chi connectivity index (χ3v) is 2.26. The van der Waals surface area contributed by atoms with Gasteiger partial charge in [0.2, 0.25) is 5.91 Å². The maximum atomic E-state index is 10.9. The lowest BCUT2D eigenvalue weighted by Crippen LogP contribution is -2.29. The van der Waals surface area contributed by atoms with Gasteiger partial charge in [-0.3, -0.25) is 4.79 Å². The van der Waals surface area contributed by atoms with E-state index in [0.717, 1.165) is 5.56 Å². The fraction of sp³-hybridized carbons (Fsp3) is 0.222. The minimum atomic E-state index is -0.212. The molecule has 0 unspecified atom stereocenters. The molecule has 0 atom stereocenters. The van der Waals surface area contributed by atoms with E-state index in [9.17, 15) is 4.79 Å². The van der Waals surface area contributed by atoms with E-state index in [1.807, 2.05) is 0 Å². The zero-order chi connectivity index (χ0) is 10.6. The van der Waals surface area contributed by atoms with Crippen LogP contribution in [0.15, 0.2) is 18.2 Å². The Bertz CT molecular complexity index is 342.